The quantitative estimate of drug-likeness (QED) is 0.220. The Balaban J connectivity index is 1.37. The second kappa shape index (κ2) is 11.2. The van der Waals surface area contributed by atoms with Crippen molar-refractivity contribution < 1.29 is 13.6 Å². The molecule has 0 spiro atoms. The summed E-state index contributed by atoms with van der Waals surface area (Å²) in [5.41, 5.74) is 5.71. The van der Waals surface area contributed by atoms with Gasteiger partial charge >= 0.3 is 6.95 Å². The third kappa shape index (κ3) is 5.44. The lowest BCUT2D eigenvalue weighted by molar-refractivity contribution is -0.0862. The van der Waals surface area contributed by atoms with Gasteiger partial charge in [0.2, 0.25) is 0 Å². The zero-order valence-corrected chi connectivity index (χ0v) is 28.5. The highest BCUT2D eigenvalue weighted by Gasteiger charge is 2.63. The minimum Gasteiger partial charge on any atom is -0.413 e. The predicted octanol–water partition coefficient (Wildman–Crippen LogP) is 11.9. The molecule has 3 nitrogen and oxygen atoms in total. The first-order valence-corrected chi connectivity index (χ1v) is 18.7. The van der Waals surface area contributed by atoms with E-state index in [9.17, 15) is 4.57 Å². The number of hydrogen-bond donors (Lipinski definition) is 0. The summed E-state index contributed by atoms with van der Waals surface area (Å²) in [6.07, 6.45) is 14.3. The fraction of sp³-hybridized carbons (Fsp3) is 0.722. The molecule has 1 aromatic rings. The molecule has 2 fully saturated rings. The Morgan fingerprint density at radius 3 is 2.39 bits per heavy atom. The van der Waals surface area contributed by atoms with Crippen molar-refractivity contribution in [2.75, 3.05) is 0 Å². The first-order valence-electron chi connectivity index (χ1n) is 16.2. The molecule has 0 aromatic heterocycles. The summed E-state index contributed by atoms with van der Waals surface area (Å²) >= 11 is 6.43. The Labute approximate surface area is 255 Å². The SMILES string of the molecule is CC(C)=CCC[C@@H](C)[C@H]1CC[C@@]2(C)C3=C(CC[C@]12C)[C@@]1(C)CC[C@H](OP(=O)(Cl)Oc2ccccc2)C(C)(C)C1CC3. The Hall–Kier alpha value is -1.02. The van der Waals surface area contributed by atoms with Gasteiger partial charge in [0.1, 0.15) is 5.75 Å². The topological polar surface area (TPSA) is 35.5 Å². The average molecular weight is 601 g/mol. The Kier molecular flexibility index (Phi) is 8.55. The molecule has 0 radical (unpaired) electrons. The normalized spacial score (nSPS) is 38.2. The minimum atomic E-state index is -3.77. The van der Waals surface area contributed by atoms with Crippen LogP contribution in [0, 0.1) is 39.4 Å². The van der Waals surface area contributed by atoms with Gasteiger partial charge in [-0.1, -0.05) is 82.5 Å². The van der Waals surface area contributed by atoms with Crippen LogP contribution in [0.15, 0.2) is 53.1 Å². The number of fused-ring (bicyclic) bond motifs is 4. The molecule has 2 unspecified atom stereocenters. The summed E-state index contributed by atoms with van der Waals surface area (Å²) in [6.45, 7) is 15.7. The lowest BCUT2D eigenvalue weighted by Gasteiger charge is -2.62. The third-order valence-electron chi connectivity index (χ3n) is 12.8. The molecule has 5 rings (SSSR count). The van der Waals surface area contributed by atoms with Crippen molar-refractivity contribution in [1.82, 2.24) is 0 Å². The van der Waals surface area contributed by atoms with E-state index in [1.165, 1.54) is 56.9 Å². The summed E-state index contributed by atoms with van der Waals surface area (Å²) in [5.74, 6) is 2.52. The Morgan fingerprint density at radius 2 is 1.71 bits per heavy atom. The molecular formula is C36H54ClO3P. The van der Waals surface area contributed by atoms with Crippen LogP contribution in [0.5, 0.6) is 5.75 Å². The molecule has 2 saturated carbocycles. The first kappa shape index (κ1) is 31.4. The predicted molar refractivity (Wildman–Crippen MR) is 172 cm³/mol. The van der Waals surface area contributed by atoms with E-state index >= 15 is 0 Å². The van der Waals surface area contributed by atoms with E-state index in [4.69, 9.17) is 20.3 Å². The van der Waals surface area contributed by atoms with Crippen molar-refractivity contribution in [3.63, 3.8) is 0 Å². The maximum atomic E-state index is 13.3. The van der Waals surface area contributed by atoms with E-state index in [0.29, 0.717) is 22.5 Å². The maximum Gasteiger partial charge on any atom is 0.477 e. The Morgan fingerprint density at radius 1 is 1.00 bits per heavy atom. The van der Waals surface area contributed by atoms with Crippen molar-refractivity contribution in [1.29, 1.82) is 0 Å². The summed E-state index contributed by atoms with van der Waals surface area (Å²) in [6, 6.07) is 9.14. The van der Waals surface area contributed by atoms with E-state index in [1.807, 2.05) is 23.8 Å². The average Bonchev–Trinajstić information content (AvgIpc) is 3.17. The number of halogens is 1. The van der Waals surface area contributed by atoms with Crippen LogP contribution < -0.4 is 4.52 Å². The molecule has 4 aliphatic carbocycles. The van der Waals surface area contributed by atoms with Gasteiger partial charge in [-0.05, 0) is 130 Å². The number of rotatable bonds is 8. The maximum absolute atomic E-state index is 13.3. The summed E-state index contributed by atoms with van der Waals surface area (Å²) < 4.78 is 25.2. The molecule has 1 aromatic carbocycles. The van der Waals surface area contributed by atoms with Crippen LogP contribution in [0.4, 0.5) is 0 Å². The smallest absolute Gasteiger partial charge is 0.413 e. The molecule has 4 aliphatic rings. The van der Waals surface area contributed by atoms with Crippen molar-refractivity contribution in [2.24, 2.45) is 39.4 Å². The van der Waals surface area contributed by atoms with E-state index in [2.05, 4.69) is 61.5 Å². The molecule has 0 saturated heterocycles. The van der Waals surface area contributed by atoms with Gasteiger partial charge in [0.25, 0.3) is 0 Å². The zero-order valence-electron chi connectivity index (χ0n) is 26.9. The lowest BCUT2D eigenvalue weighted by atomic mass is 9.43. The van der Waals surface area contributed by atoms with Gasteiger partial charge in [0.15, 0.2) is 0 Å². The first-order chi connectivity index (χ1) is 19.1. The van der Waals surface area contributed by atoms with Crippen molar-refractivity contribution in [3.05, 3.63) is 53.1 Å². The van der Waals surface area contributed by atoms with E-state index in [0.717, 1.165) is 24.7 Å². The highest BCUT2D eigenvalue weighted by Crippen LogP contribution is 2.73. The molecule has 41 heavy (non-hydrogen) atoms. The van der Waals surface area contributed by atoms with E-state index in [-0.39, 0.29) is 16.9 Å². The van der Waals surface area contributed by atoms with Gasteiger partial charge in [-0.2, -0.15) is 0 Å². The van der Waals surface area contributed by atoms with Crippen LogP contribution in [-0.4, -0.2) is 6.10 Å². The monoisotopic (exact) mass is 600 g/mol. The Bertz CT molecular complexity index is 1230. The van der Waals surface area contributed by atoms with Crippen LogP contribution in [0.2, 0.25) is 0 Å². The molecule has 228 valence electrons. The van der Waals surface area contributed by atoms with Gasteiger partial charge in [0, 0.05) is 11.2 Å². The second-order valence-electron chi connectivity index (χ2n) is 15.5. The van der Waals surface area contributed by atoms with E-state index in [1.54, 1.807) is 17.7 Å². The van der Waals surface area contributed by atoms with Crippen LogP contribution >= 0.6 is 18.2 Å². The molecule has 8 atom stereocenters. The van der Waals surface area contributed by atoms with Gasteiger partial charge in [-0.25, -0.2) is 4.57 Å². The zero-order chi connectivity index (χ0) is 29.8. The molecular weight excluding hydrogens is 547 g/mol. The number of para-hydroxylation sites is 1. The largest absolute Gasteiger partial charge is 0.477 e. The molecule has 5 heteroatoms. The van der Waals surface area contributed by atoms with Crippen molar-refractivity contribution in [3.8, 4) is 5.75 Å². The fourth-order valence-corrected chi connectivity index (χ4v) is 12.0. The molecule has 0 aliphatic heterocycles. The van der Waals surface area contributed by atoms with Crippen molar-refractivity contribution >= 4 is 18.2 Å². The molecule has 0 N–H and O–H groups in total. The number of allylic oxidation sites excluding steroid dienone is 4. The molecule has 0 heterocycles. The molecule has 0 bridgehead atoms. The standard InChI is InChI=1S/C36H54ClO3P/c1-25(2)13-12-14-26(3)28-19-23-36(8)30-17-18-31-33(4,5)32(40-41(37,38)39-27-15-10-9-11-16-27)21-22-34(31,6)29(30)20-24-35(28,36)7/h9-11,13,15-16,26,28,31-32H,12,14,17-24H2,1-8H3/t26-,28-,31?,32+,34-,35-,36+,41?/m1/s1. The second-order valence-corrected chi connectivity index (χ2v) is 18.0. The summed E-state index contributed by atoms with van der Waals surface area (Å²) in [5, 5.41) is 0. The van der Waals surface area contributed by atoms with Crippen LogP contribution in [-0.2, 0) is 9.09 Å². The van der Waals surface area contributed by atoms with Gasteiger partial charge in [-0.15, -0.1) is 0 Å². The highest BCUT2D eigenvalue weighted by atomic mass is 35.7. The molecule has 0 amide bonds. The summed E-state index contributed by atoms with van der Waals surface area (Å²) in [7, 11) is 0. The van der Waals surface area contributed by atoms with Crippen molar-refractivity contribution in [2.45, 2.75) is 126 Å². The lowest BCUT2D eigenvalue weighted by Crippen LogP contribution is -2.55. The van der Waals surface area contributed by atoms with Gasteiger partial charge < -0.3 is 4.52 Å². The summed E-state index contributed by atoms with van der Waals surface area (Å²) in [4.78, 5) is 0. The van der Waals surface area contributed by atoms with Crippen LogP contribution in [0.1, 0.15) is 120 Å². The highest BCUT2D eigenvalue weighted by molar-refractivity contribution is 7.81. The van der Waals surface area contributed by atoms with Gasteiger partial charge in [-0.3, -0.25) is 4.52 Å². The number of benzene rings is 1. The minimum absolute atomic E-state index is 0.157. The fourth-order valence-electron chi connectivity index (χ4n) is 10.4. The van der Waals surface area contributed by atoms with Gasteiger partial charge in [0.05, 0.1) is 6.10 Å². The van der Waals surface area contributed by atoms with Crippen LogP contribution in [0.3, 0.4) is 0 Å². The van der Waals surface area contributed by atoms with E-state index < -0.39 is 6.95 Å². The third-order valence-corrected chi connectivity index (χ3v) is 14.2. The number of hydrogen-bond acceptors (Lipinski definition) is 3. The van der Waals surface area contributed by atoms with Crippen LogP contribution in [0.25, 0.3) is 0 Å².